The van der Waals surface area contributed by atoms with E-state index in [1.54, 1.807) is 4.90 Å². The molecule has 1 heterocycles. The molecular weight excluding hydrogens is 472 g/mol. The van der Waals surface area contributed by atoms with Gasteiger partial charge in [-0.25, -0.2) is 9.59 Å². The molecule has 0 radical (unpaired) electrons. The van der Waals surface area contributed by atoms with Crippen LogP contribution in [0.2, 0.25) is 0 Å². The SMILES string of the molecule is COC(=O)C1=C(C(=O)O)CN(c2ccccc2)C(c2ccc(Br)cc2)N1c1ccccc1. The molecule has 1 aliphatic heterocycles. The number of hydrogen-bond donors (Lipinski definition) is 1. The number of nitrogens with zero attached hydrogens (tertiary/aromatic N) is 2. The fourth-order valence-corrected chi connectivity index (χ4v) is 4.17. The molecule has 0 bridgehead atoms. The molecule has 32 heavy (non-hydrogen) atoms. The Hall–Kier alpha value is -3.58. The monoisotopic (exact) mass is 492 g/mol. The standard InChI is InChI=1S/C25H21BrN2O4/c1-32-25(31)22-21(24(29)30)16-27(19-8-4-2-5-9-19)23(17-12-14-18(26)15-13-17)28(22)20-10-6-3-7-11-20/h2-15,23H,16H2,1H3,(H,29,30). The van der Waals surface area contributed by atoms with Crippen LogP contribution >= 0.6 is 15.9 Å². The molecule has 1 N–H and O–H groups in total. The maximum absolute atomic E-state index is 12.9. The molecule has 0 spiro atoms. The zero-order valence-electron chi connectivity index (χ0n) is 17.3. The number of halogens is 1. The molecular formula is C25H21BrN2O4. The van der Waals surface area contributed by atoms with Gasteiger partial charge in [0.05, 0.1) is 19.2 Å². The number of methoxy groups -OCH3 is 1. The highest BCUT2D eigenvalue weighted by Crippen LogP contribution is 2.41. The largest absolute Gasteiger partial charge is 0.478 e. The fourth-order valence-electron chi connectivity index (χ4n) is 3.90. The van der Waals surface area contributed by atoms with E-state index in [4.69, 9.17) is 4.74 Å². The highest BCUT2D eigenvalue weighted by molar-refractivity contribution is 9.10. The Morgan fingerprint density at radius 2 is 1.47 bits per heavy atom. The first-order valence-corrected chi connectivity index (χ1v) is 10.8. The molecule has 0 saturated carbocycles. The number of ether oxygens (including phenoxy) is 1. The number of carbonyl (C=O) groups excluding carboxylic acids is 1. The van der Waals surface area contributed by atoms with Gasteiger partial charge in [-0.1, -0.05) is 64.5 Å². The first-order valence-electron chi connectivity index (χ1n) is 9.97. The number of carbonyl (C=O) groups is 2. The van der Waals surface area contributed by atoms with E-state index in [2.05, 4.69) is 15.9 Å². The summed E-state index contributed by atoms with van der Waals surface area (Å²) in [5, 5.41) is 10.1. The summed E-state index contributed by atoms with van der Waals surface area (Å²) in [5.74, 6) is -1.86. The minimum absolute atomic E-state index is 0.0197. The van der Waals surface area contributed by atoms with E-state index in [1.807, 2.05) is 89.8 Å². The Labute approximate surface area is 194 Å². The summed E-state index contributed by atoms with van der Waals surface area (Å²) in [6.45, 7) is 0.0356. The lowest BCUT2D eigenvalue weighted by atomic mass is 9.99. The van der Waals surface area contributed by atoms with Crippen LogP contribution in [0.4, 0.5) is 11.4 Å². The van der Waals surface area contributed by atoms with Gasteiger partial charge in [0.1, 0.15) is 11.9 Å². The van der Waals surface area contributed by atoms with Crippen LogP contribution in [0.5, 0.6) is 0 Å². The van der Waals surface area contributed by atoms with Gasteiger partial charge in [0, 0.05) is 15.8 Å². The van der Waals surface area contributed by atoms with E-state index in [9.17, 15) is 14.7 Å². The predicted octanol–water partition coefficient (Wildman–Crippen LogP) is 4.99. The molecule has 0 aliphatic carbocycles. The summed E-state index contributed by atoms with van der Waals surface area (Å²) in [4.78, 5) is 29.0. The second-order valence-corrected chi connectivity index (χ2v) is 8.13. The van der Waals surface area contributed by atoms with Crippen molar-refractivity contribution in [2.75, 3.05) is 23.5 Å². The average molecular weight is 493 g/mol. The minimum atomic E-state index is -1.17. The molecule has 162 valence electrons. The first kappa shape index (κ1) is 21.6. The zero-order valence-corrected chi connectivity index (χ0v) is 18.9. The van der Waals surface area contributed by atoms with Crippen molar-refractivity contribution in [3.8, 4) is 0 Å². The average Bonchev–Trinajstić information content (AvgIpc) is 2.84. The van der Waals surface area contributed by atoms with Gasteiger partial charge in [0.2, 0.25) is 0 Å². The molecule has 0 saturated heterocycles. The molecule has 1 atom stereocenters. The summed E-state index contributed by atoms with van der Waals surface area (Å²) in [7, 11) is 1.26. The van der Waals surface area contributed by atoms with Crippen LogP contribution in [-0.4, -0.2) is 30.7 Å². The van der Waals surface area contributed by atoms with Crippen molar-refractivity contribution in [3.63, 3.8) is 0 Å². The number of hydrogen-bond acceptors (Lipinski definition) is 5. The smallest absolute Gasteiger partial charge is 0.355 e. The molecule has 3 aromatic carbocycles. The molecule has 3 aromatic rings. The fraction of sp³-hybridized carbons (Fsp3) is 0.120. The third kappa shape index (κ3) is 4.11. The van der Waals surface area contributed by atoms with E-state index >= 15 is 0 Å². The summed E-state index contributed by atoms with van der Waals surface area (Å²) in [5.41, 5.74) is 2.40. The molecule has 1 unspecified atom stereocenters. The molecule has 6 nitrogen and oxygen atoms in total. The normalized spacial score (nSPS) is 16.1. The minimum Gasteiger partial charge on any atom is -0.478 e. The highest BCUT2D eigenvalue weighted by Gasteiger charge is 2.41. The van der Waals surface area contributed by atoms with Gasteiger partial charge in [-0.15, -0.1) is 0 Å². The van der Waals surface area contributed by atoms with Crippen LogP contribution in [-0.2, 0) is 14.3 Å². The lowest BCUT2D eigenvalue weighted by Crippen LogP contribution is -2.50. The molecule has 1 aliphatic rings. The van der Waals surface area contributed by atoms with Gasteiger partial charge in [-0.05, 0) is 42.0 Å². The van der Waals surface area contributed by atoms with E-state index in [0.717, 1.165) is 15.7 Å². The maximum atomic E-state index is 12.9. The molecule has 7 heteroatoms. The van der Waals surface area contributed by atoms with E-state index in [-0.39, 0.29) is 17.8 Å². The van der Waals surface area contributed by atoms with Crippen LogP contribution in [0, 0.1) is 0 Å². The Balaban J connectivity index is 2.02. The van der Waals surface area contributed by atoms with Gasteiger partial charge in [0.15, 0.2) is 0 Å². The predicted molar refractivity (Wildman–Crippen MR) is 126 cm³/mol. The summed E-state index contributed by atoms with van der Waals surface area (Å²) in [6.07, 6.45) is -0.481. The van der Waals surface area contributed by atoms with Crippen LogP contribution in [0.1, 0.15) is 11.7 Å². The third-order valence-corrected chi connectivity index (χ3v) is 5.85. The van der Waals surface area contributed by atoms with E-state index < -0.39 is 18.1 Å². The Morgan fingerprint density at radius 1 is 0.906 bits per heavy atom. The molecule has 0 amide bonds. The number of carboxylic acids is 1. The molecule has 4 rings (SSSR count). The van der Waals surface area contributed by atoms with Gasteiger partial charge in [0.25, 0.3) is 0 Å². The van der Waals surface area contributed by atoms with Crippen molar-refractivity contribution in [1.82, 2.24) is 0 Å². The zero-order chi connectivity index (χ0) is 22.7. The summed E-state index contributed by atoms with van der Waals surface area (Å²) in [6, 6.07) is 26.6. The van der Waals surface area contributed by atoms with Gasteiger partial charge in [-0.2, -0.15) is 0 Å². The number of benzene rings is 3. The number of aliphatic carboxylic acids is 1. The Morgan fingerprint density at radius 3 is 2.00 bits per heavy atom. The van der Waals surface area contributed by atoms with E-state index in [0.29, 0.717) is 5.69 Å². The van der Waals surface area contributed by atoms with Crippen LogP contribution in [0.15, 0.2) is 101 Å². The van der Waals surface area contributed by atoms with Crippen molar-refractivity contribution >= 4 is 39.2 Å². The Kier molecular flexibility index (Phi) is 6.28. The quantitative estimate of drug-likeness (QED) is 0.506. The number of esters is 1. The van der Waals surface area contributed by atoms with Crippen molar-refractivity contribution in [2.45, 2.75) is 6.17 Å². The van der Waals surface area contributed by atoms with Crippen molar-refractivity contribution in [2.24, 2.45) is 0 Å². The summed E-state index contributed by atoms with van der Waals surface area (Å²) < 4.78 is 5.96. The summed E-state index contributed by atoms with van der Waals surface area (Å²) >= 11 is 3.48. The van der Waals surface area contributed by atoms with Gasteiger partial charge in [-0.3, -0.25) is 0 Å². The van der Waals surface area contributed by atoms with Crippen molar-refractivity contribution in [1.29, 1.82) is 0 Å². The second kappa shape index (κ2) is 9.28. The van der Waals surface area contributed by atoms with Crippen molar-refractivity contribution < 1.29 is 19.4 Å². The topological polar surface area (TPSA) is 70.1 Å². The Bertz CT molecular complexity index is 1150. The lowest BCUT2D eigenvalue weighted by molar-refractivity contribution is -0.138. The van der Waals surface area contributed by atoms with Crippen LogP contribution < -0.4 is 9.80 Å². The number of carboxylic acid groups (broad SMARTS) is 1. The van der Waals surface area contributed by atoms with Gasteiger partial charge >= 0.3 is 11.9 Å². The second-order valence-electron chi connectivity index (χ2n) is 7.22. The lowest BCUT2D eigenvalue weighted by Gasteiger charge is -2.46. The number of rotatable bonds is 5. The number of anilines is 2. The molecule has 0 fully saturated rings. The van der Waals surface area contributed by atoms with E-state index in [1.165, 1.54) is 7.11 Å². The first-order chi connectivity index (χ1) is 15.5. The third-order valence-electron chi connectivity index (χ3n) is 5.32. The van der Waals surface area contributed by atoms with Crippen molar-refractivity contribution in [3.05, 3.63) is 106 Å². The van der Waals surface area contributed by atoms with Gasteiger partial charge < -0.3 is 19.6 Å². The number of para-hydroxylation sites is 2. The highest BCUT2D eigenvalue weighted by atomic mass is 79.9. The van der Waals surface area contributed by atoms with Crippen LogP contribution in [0.3, 0.4) is 0 Å². The maximum Gasteiger partial charge on any atom is 0.355 e. The molecule has 0 aromatic heterocycles. The van der Waals surface area contributed by atoms with Crippen LogP contribution in [0.25, 0.3) is 0 Å².